The lowest BCUT2D eigenvalue weighted by Crippen LogP contribution is -2.30. The molecule has 0 bridgehead atoms. The number of carboxylic acids is 1. The van der Waals surface area contributed by atoms with Crippen LogP contribution in [0.15, 0.2) is 28.7 Å². The van der Waals surface area contributed by atoms with Crippen LogP contribution in [-0.2, 0) is 4.79 Å². The van der Waals surface area contributed by atoms with Gasteiger partial charge < -0.3 is 15.6 Å². The van der Waals surface area contributed by atoms with Crippen molar-refractivity contribution in [1.29, 1.82) is 0 Å². The van der Waals surface area contributed by atoms with Crippen molar-refractivity contribution in [3.8, 4) is 5.75 Å². The van der Waals surface area contributed by atoms with Gasteiger partial charge in [-0.3, -0.25) is 4.79 Å². The molecule has 0 heterocycles. The van der Waals surface area contributed by atoms with E-state index in [0.717, 1.165) is 4.47 Å². The maximum absolute atomic E-state index is 10.3. The maximum Gasteiger partial charge on any atom is 0.305 e. The summed E-state index contributed by atoms with van der Waals surface area (Å²) in [5, 5.41) is 8.48. The van der Waals surface area contributed by atoms with Crippen molar-refractivity contribution in [1.82, 2.24) is 0 Å². The maximum atomic E-state index is 10.3. The van der Waals surface area contributed by atoms with Crippen molar-refractivity contribution in [3.63, 3.8) is 0 Å². The first-order valence-corrected chi connectivity index (χ1v) is 5.23. The summed E-state index contributed by atoms with van der Waals surface area (Å²) in [6, 6.07) is 6.79. The molecule has 1 unspecified atom stereocenters. The summed E-state index contributed by atoms with van der Waals surface area (Å²) in [7, 11) is 0. The smallest absolute Gasteiger partial charge is 0.305 e. The zero-order valence-corrected chi connectivity index (χ0v) is 9.61. The first-order chi connectivity index (χ1) is 7.08. The zero-order valence-electron chi connectivity index (χ0n) is 8.02. The van der Waals surface area contributed by atoms with Crippen LogP contribution in [0.5, 0.6) is 5.75 Å². The topological polar surface area (TPSA) is 72.5 Å². The molecule has 0 aliphatic carbocycles. The fourth-order valence-corrected chi connectivity index (χ4v) is 1.28. The number of nitrogens with two attached hydrogens (primary N) is 1. The Morgan fingerprint density at radius 3 is 2.60 bits per heavy atom. The first kappa shape index (κ1) is 12.0. The molecule has 0 saturated carbocycles. The lowest BCUT2D eigenvalue weighted by atomic mass is 10.2. The quantitative estimate of drug-likeness (QED) is 0.856. The number of benzene rings is 1. The molecule has 0 amide bonds. The molecule has 4 nitrogen and oxygen atoms in total. The highest BCUT2D eigenvalue weighted by Gasteiger charge is 2.08. The number of ether oxygens (including phenoxy) is 1. The van der Waals surface area contributed by atoms with Crippen molar-refractivity contribution in [3.05, 3.63) is 28.7 Å². The van der Waals surface area contributed by atoms with Gasteiger partial charge in [0.2, 0.25) is 0 Å². The van der Waals surface area contributed by atoms with Crippen LogP contribution in [0.1, 0.15) is 6.42 Å². The van der Waals surface area contributed by atoms with Crippen LogP contribution in [0.2, 0.25) is 0 Å². The molecule has 3 N–H and O–H groups in total. The Morgan fingerprint density at radius 2 is 2.07 bits per heavy atom. The molecule has 0 aliphatic heterocycles. The Kier molecular flexibility index (Phi) is 4.58. The molecule has 1 atom stereocenters. The Labute approximate surface area is 96.2 Å². The standard InChI is InChI=1S/C10H12BrNO3/c11-7-1-3-9(4-2-7)15-6-8(12)5-10(13)14/h1-4,8H,5-6,12H2,(H,13,14). The molecule has 0 radical (unpaired) electrons. The minimum Gasteiger partial charge on any atom is -0.492 e. The molecular formula is C10H12BrNO3. The first-order valence-electron chi connectivity index (χ1n) is 4.43. The summed E-state index contributed by atoms with van der Waals surface area (Å²) in [5.74, 6) is -0.235. The van der Waals surface area contributed by atoms with Gasteiger partial charge in [-0.25, -0.2) is 0 Å². The monoisotopic (exact) mass is 273 g/mol. The number of halogens is 1. The van der Waals surface area contributed by atoms with Gasteiger partial charge >= 0.3 is 5.97 Å². The van der Waals surface area contributed by atoms with Crippen molar-refractivity contribution >= 4 is 21.9 Å². The van der Waals surface area contributed by atoms with Crippen LogP contribution in [-0.4, -0.2) is 23.7 Å². The van der Waals surface area contributed by atoms with Gasteiger partial charge in [0.15, 0.2) is 0 Å². The normalized spacial score (nSPS) is 12.1. The molecular weight excluding hydrogens is 262 g/mol. The highest BCUT2D eigenvalue weighted by Crippen LogP contribution is 2.16. The van der Waals surface area contributed by atoms with E-state index in [9.17, 15) is 4.79 Å². The van der Waals surface area contributed by atoms with Gasteiger partial charge in [0.1, 0.15) is 12.4 Å². The Balaban J connectivity index is 2.36. The van der Waals surface area contributed by atoms with Crippen LogP contribution in [0.25, 0.3) is 0 Å². The number of aliphatic carboxylic acids is 1. The summed E-state index contributed by atoms with van der Waals surface area (Å²) in [4.78, 5) is 10.3. The highest BCUT2D eigenvalue weighted by molar-refractivity contribution is 9.10. The van der Waals surface area contributed by atoms with E-state index in [1.165, 1.54) is 0 Å². The largest absolute Gasteiger partial charge is 0.492 e. The molecule has 0 fully saturated rings. The Bertz CT molecular complexity index is 326. The van der Waals surface area contributed by atoms with Crippen molar-refractivity contribution in [2.75, 3.05) is 6.61 Å². The Morgan fingerprint density at radius 1 is 1.47 bits per heavy atom. The van der Waals surface area contributed by atoms with Gasteiger partial charge in [-0.05, 0) is 24.3 Å². The number of hydrogen-bond acceptors (Lipinski definition) is 3. The molecule has 0 aliphatic rings. The number of rotatable bonds is 5. The molecule has 5 heteroatoms. The zero-order chi connectivity index (χ0) is 11.3. The molecule has 1 aromatic carbocycles. The van der Waals surface area contributed by atoms with Gasteiger partial charge in [-0.2, -0.15) is 0 Å². The second-order valence-corrected chi connectivity index (χ2v) is 4.04. The predicted octanol–water partition coefficient (Wildman–Crippen LogP) is 1.63. The molecule has 0 aromatic heterocycles. The molecule has 0 spiro atoms. The molecule has 1 rings (SSSR count). The minimum absolute atomic E-state index is 0.0868. The number of carboxylic acid groups (broad SMARTS) is 1. The highest BCUT2D eigenvalue weighted by atomic mass is 79.9. The molecule has 15 heavy (non-hydrogen) atoms. The van der Waals surface area contributed by atoms with Gasteiger partial charge in [0, 0.05) is 10.5 Å². The van der Waals surface area contributed by atoms with Crippen LogP contribution in [0.3, 0.4) is 0 Å². The van der Waals surface area contributed by atoms with Crippen molar-refractivity contribution in [2.24, 2.45) is 5.73 Å². The van der Waals surface area contributed by atoms with Crippen LogP contribution >= 0.6 is 15.9 Å². The summed E-state index contributed by atoms with van der Waals surface area (Å²) in [6.45, 7) is 0.202. The van der Waals surface area contributed by atoms with E-state index >= 15 is 0 Å². The average Bonchev–Trinajstić information content (AvgIpc) is 2.16. The van der Waals surface area contributed by atoms with E-state index in [4.69, 9.17) is 15.6 Å². The third-order valence-corrected chi connectivity index (χ3v) is 2.24. The molecule has 0 saturated heterocycles. The van der Waals surface area contributed by atoms with E-state index in [1.54, 1.807) is 12.1 Å². The summed E-state index contributed by atoms with van der Waals surface area (Å²) < 4.78 is 6.28. The van der Waals surface area contributed by atoms with E-state index in [0.29, 0.717) is 5.75 Å². The van der Waals surface area contributed by atoms with Crippen LogP contribution in [0.4, 0.5) is 0 Å². The van der Waals surface area contributed by atoms with Gasteiger partial charge in [0.05, 0.1) is 6.42 Å². The lowest BCUT2D eigenvalue weighted by Gasteiger charge is -2.10. The number of hydrogen-bond donors (Lipinski definition) is 2. The Hall–Kier alpha value is -1.07. The summed E-state index contributed by atoms with van der Waals surface area (Å²) in [5.41, 5.74) is 5.54. The predicted molar refractivity (Wildman–Crippen MR) is 59.9 cm³/mol. The van der Waals surface area contributed by atoms with Gasteiger partial charge in [0.25, 0.3) is 0 Å². The van der Waals surface area contributed by atoms with Crippen LogP contribution in [0, 0.1) is 0 Å². The lowest BCUT2D eigenvalue weighted by molar-refractivity contribution is -0.137. The molecule has 1 aromatic rings. The second-order valence-electron chi connectivity index (χ2n) is 3.12. The summed E-state index contributed by atoms with van der Waals surface area (Å²) in [6.07, 6.45) is -0.0868. The van der Waals surface area contributed by atoms with E-state index in [-0.39, 0.29) is 13.0 Å². The van der Waals surface area contributed by atoms with Gasteiger partial charge in [-0.1, -0.05) is 15.9 Å². The average molecular weight is 274 g/mol. The summed E-state index contributed by atoms with van der Waals surface area (Å²) >= 11 is 3.30. The van der Waals surface area contributed by atoms with Crippen molar-refractivity contribution in [2.45, 2.75) is 12.5 Å². The minimum atomic E-state index is -0.915. The fourth-order valence-electron chi connectivity index (χ4n) is 1.02. The third kappa shape index (κ3) is 4.80. The third-order valence-electron chi connectivity index (χ3n) is 1.71. The van der Waals surface area contributed by atoms with E-state index < -0.39 is 12.0 Å². The molecule has 82 valence electrons. The van der Waals surface area contributed by atoms with Gasteiger partial charge in [-0.15, -0.1) is 0 Å². The second kappa shape index (κ2) is 5.72. The number of carbonyl (C=O) groups is 1. The van der Waals surface area contributed by atoms with Crippen LogP contribution < -0.4 is 10.5 Å². The van der Waals surface area contributed by atoms with Crippen molar-refractivity contribution < 1.29 is 14.6 Å². The fraction of sp³-hybridized carbons (Fsp3) is 0.300. The van der Waals surface area contributed by atoms with E-state index in [2.05, 4.69) is 15.9 Å². The van der Waals surface area contributed by atoms with E-state index in [1.807, 2.05) is 12.1 Å². The SMILES string of the molecule is NC(COc1ccc(Br)cc1)CC(=O)O.